The van der Waals surface area contributed by atoms with Crippen LogP contribution in [0.4, 0.5) is 0 Å². The molecule has 0 atom stereocenters. The number of methoxy groups -OCH3 is 1. The van der Waals surface area contributed by atoms with Gasteiger partial charge in [0.25, 0.3) is 0 Å². The third kappa shape index (κ3) is 1.58. The van der Waals surface area contributed by atoms with Crippen LogP contribution < -0.4 is 0 Å². The van der Waals surface area contributed by atoms with Crippen LogP contribution in [-0.4, -0.2) is 12.1 Å². The fourth-order valence-corrected chi connectivity index (χ4v) is 1.55. The van der Waals surface area contributed by atoms with Crippen molar-refractivity contribution in [1.29, 1.82) is 0 Å². The second kappa shape index (κ2) is 3.23. The number of ether oxygens (including phenoxy) is 1. The van der Waals surface area contributed by atoms with Crippen LogP contribution in [0.15, 0.2) is 24.3 Å². The van der Waals surface area contributed by atoms with Crippen LogP contribution in [0.1, 0.15) is 11.3 Å². The summed E-state index contributed by atoms with van der Waals surface area (Å²) in [6, 6.07) is 8.51. The van der Waals surface area contributed by atoms with Crippen molar-refractivity contribution < 1.29 is 4.74 Å². The van der Waals surface area contributed by atoms with Gasteiger partial charge in [-0.05, 0) is 30.5 Å². The van der Waals surface area contributed by atoms with E-state index in [-0.39, 0.29) is 0 Å². The van der Waals surface area contributed by atoms with E-state index in [2.05, 4.69) is 36.2 Å². The normalized spacial score (nSPS) is 10.9. The average molecular weight is 175 g/mol. The average Bonchev–Trinajstić information content (AvgIpc) is 2.46. The van der Waals surface area contributed by atoms with Gasteiger partial charge in [0.1, 0.15) is 0 Å². The molecule has 0 aliphatic carbocycles. The monoisotopic (exact) mass is 175 g/mol. The lowest BCUT2D eigenvalue weighted by Gasteiger charge is -1.91. The van der Waals surface area contributed by atoms with E-state index in [4.69, 9.17) is 4.74 Å². The summed E-state index contributed by atoms with van der Waals surface area (Å²) in [5, 5.41) is 1.26. The summed E-state index contributed by atoms with van der Waals surface area (Å²) in [6.07, 6.45) is 0. The van der Waals surface area contributed by atoms with Gasteiger partial charge in [-0.1, -0.05) is 11.6 Å². The molecule has 0 saturated carbocycles. The van der Waals surface area contributed by atoms with Crippen LogP contribution in [-0.2, 0) is 11.3 Å². The second-order valence-corrected chi connectivity index (χ2v) is 3.32. The van der Waals surface area contributed by atoms with E-state index in [1.165, 1.54) is 16.5 Å². The van der Waals surface area contributed by atoms with Gasteiger partial charge in [0.05, 0.1) is 6.61 Å². The molecule has 68 valence electrons. The Labute approximate surface area is 77.5 Å². The number of nitrogens with one attached hydrogen (secondary N) is 1. The molecule has 13 heavy (non-hydrogen) atoms. The molecule has 1 aromatic heterocycles. The lowest BCUT2D eigenvalue weighted by atomic mass is 10.2. The summed E-state index contributed by atoms with van der Waals surface area (Å²) in [5.74, 6) is 0. The number of H-pyrrole nitrogens is 1. The Morgan fingerprint density at radius 2 is 2.15 bits per heavy atom. The molecule has 2 aromatic rings. The van der Waals surface area contributed by atoms with Gasteiger partial charge in [-0.25, -0.2) is 0 Å². The highest BCUT2D eigenvalue weighted by Gasteiger charge is 1.99. The van der Waals surface area contributed by atoms with E-state index < -0.39 is 0 Å². The molecule has 2 heteroatoms. The lowest BCUT2D eigenvalue weighted by Crippen LogP contribution is -1.85. The molecular formula is C11H13NO. The third-order valence-corrected chi connectivity index (χ3v) is 2.13. The van der Waals surface area contributed by atoms with E-state index in [1.54, 1.807) is 7.11 Å². The summed E-state index contributed by atoms with van der Waals surface area (Å²) in [6.45, 7) is 2.75. The van der Waals surface area contributed by atoms with Gasteiger partial charge in [-0.15, -0.1) is 0 Å². The Morgan fingerprint density at radius 3 is 2.92 bits per heavy atom. The van der Waals surface area contributed by atoms with Crippen LogP contribution in [0.25, 0.3) is 10.9 Å². The quantitative estimate of drug-likeness (QED) is 0.745. The Morgan fingerprint density at radius 1 is 1.31 bits per heavy atom. The molecule has 1 N–H and O–H groups in total. The molecule has 0 amide bonds. The predicted octanol–water partition coefficient (Wildman–Crippen LogP) is 2.62. The molecule has 2 rings (SSSR count). The lowest BCUT2D eigenvalue weighted by molar-refractivity contribution is 0.182. The number of aromatic nitrogens is 1. The van der Waals surface area contributed by atoms with Crippen LogP contribution in [0.2, 0.25) is 0 Å². The van der Waals surface area contributed by atoms with Gasteiger partial charge in [0.2, 0.25) is 0 Å². The standard InChI is InChI=1S/C11H13NO/c1-8-3-4-11-9(5-8)6-10(12-11)7-13-2/h3-6,12H,7H2,1-2H3. The minimum atomic E-state index is 0.647. The van der Waals surface area contributed by atoms with Crippen molar-refractivity contribution in [2.24, 2.45) is 0 Å². The smallest absolute Gasteiger partial charge is 0.0862 e. The molecule has 1 aromatic carbocycles. The number of benzene rings is 1. The summed E-state index contributed by atoms with van der Waals surface area (Å²) >= 11 is 0. The van der Waals surface area contributed by atoms with Gasteiger partial charge in [-0.3, -0.25) is 0 Å². The molecule has 0 aliphatic rings. The fourth-order valence-electron chi connectivity index (χ4n) is 1.55. The zero-order valence-electron chi connectivity index (χ0n) is 7.92. The van der Waals surface area contributed by atoms with Crippen LogP contribution in [0.5, 0.6) is 0 Å². The van der Waals surface area contributed by atoms with E-state index in [0.717, 1.165) is 5.69 Å². The number of hydrogen-bond donors (Lipinski definition) is 1. The van der Waals surface area contributed by atoms with Crippen LogP contribution >= 0.6 is 0 Å². The molecule has 0 bridgehead atoms. The number of hydrogen-bond acceptors (Lipinski definition) is 1. The maximum absolute atomic E-state index is 5.06. The van der Waals surface area contributed by atoms with Gasteiger partial charge in [0.15, 0.2) is 0 Å². The summed E-state index contributed by atoms with van der Waals surface area (Å²) in [5.41, 5.74) is 3.59. The highest BCUT2D eigenvalue weighted by Crippen LogP contribution is 2.17. The zero-order valence-corrected chi connectivity index (χ0v) is 7.92. The van der Waals surface area contributed by atoms with Crippen molar-refractivity contribution in [3.05, 3.63) is 35.5 Å². The van der Waals surface area contributed by atoms with E-state index in [9.17, 15) is 0 Å². The zero-order chi connectivity index (χ0) is 9.26. The van der Waals surface area contributed by atoms with E-state index in [0.29, 0.717) is 6.61 Å². The van der Waals surface area contributed by atoms with Crippen molar-refractivity contribution in [3.8, 4) is 0 Å². The second-order valence-electron chi connectivity index (χ2n) is 3.32. The Balaban J connectivity index is 2.49. The van der Waals surface area contributed by atoms with Crippen molar-refractivity contribution in [3.63, 3.8) is 0 Å². The number of rotatable bonds is 2. The molecule has 0 radical (unpaired) electrons. The first-order valence-corrected chi connectivity index (χ1v) is 4.37. The predicted molar refractivity (Wildman–Crippen MR) is 53.7 cm³/mol. The molecular weight excluding hydrogens is 162 g/mol. The highest BCUT2D eigenvalue weighted by molar-refractivity contribution is 5.81. The first-order chi connectivity index (χ1) is 6.29. The maximum atomic E-state index is 5.06. The Kier molecular flexibility index (Phi) is 2.07. The highest BCUT2D eigenvalue weighted by atomic mass is 16.5. The molecule has 1 heterocycles. The number of fused-ring (bicyclic) bond motifs is 1. The van der Waals surface area contributed by atoms with Crippen LogP contribution in [0.3, 0.4) is 0 Å². The van der Waals surface area contributed by atoms with E-state index >= 15 is 0 Å². The van der Waals surface area contributed by atoms with Crippen molar-refractivity contribution >= 4 is 10.9 Å². The summed E-state index contributed by atoms with van der Waals surface area (Å²) in [7, 11) is 1.71. The molecule has 0 unspecified atom stereocenters. The third-order valence-electron chi connectivity index (χ3n) is 2.13. The number of aromatic amines is 1. The molecule has 0 fully saturated rings. The number of aryl methyl sites for hydroxylation is 1. The molecule has 0 saturated heterocycles. The fraction of sp³-hybridized carbons (Fsp3) is 0.273. The first-order valence-electron chi connectivity index (χ1n) is 4.37. The van der Waals surface area contributed by atoms with Crippen molar-refractivity contribution in [2.75, 3.05) is 7.11 Å². The van der Waals surface area contributed by atoms with Crippen LogP contribution in [0, 0.1) is 6.92 Å². The maximum Gasteiger partial charge on any atom is 0.0862 e. The van der Waals surface area contributed by atoms with Gasteiger partial charge in [0, 0.05) is 18.3 Å². The summed E-state index contributed by atoms with van der Waals surface area (Å²) in [4.78, 5) is 3.30. The van der Waals surface area contributed by atoms with Crippen molar-refractivity contribution in [1.82, 2.24) is 4.98 Å². The van der Waals surface area contributed by atoms with Gasteiger partial charge in [-0.2, -0.15) is 0 Å². The molecule has 0 aliphatic heterocycles. The van der Waals surface area contributed by atoms with Gasteiger partial charge < -0.3 is 9.72 Å². The topological polar surface area (TPSA) is 25.0 Å². The van der Waals surface area contributed by atoms with Gasteiger partial charge >= 0.3 is 0 Å². The van der Waals surface area contributed by atoms with Crippen molar-refractivity contribution in [2.45, 2.75) is 13.5 Å². The molecule has 2 nitrogen and oxygen atoms in total. The minimum absolute atomic E-state index is 0.647. The Hall–Kier alpha value is -1.28. The minimum Gasteiger partial charge on any atom is -0.378 e. The Bertz CT molecular complexity index is 417. The molecule has 0 spiro atoms. The largest absolute Gasteiger partial charge is 0.378 e. The van der Waals surface area contributed by atoms with E-state index in [1.807, 2.05) is 0 Å². The first kappa shape index (κ1) is 8.32. The SMILES string of the molecule is COCc1cc2cc(C)ccc2[nH]1. The summed E-state index contributed by atoms with van der Waals surface area (Å²) < 4.78 is 5.06.